The molecular formula is C24H55N3O2Si. The van der Waals surface area contributed by atoms with Crippen LogP contribution >= 0.6 is 0 Å². The lowest BCUT2D eigenvalue weighted by atomic mass is 9.79. The minimum atomic E-state index is -2.19. The Hall–Kier alpha value is 0.0169. The molecule has 0 saturated carbocycles. The summed E-state index contributed by atoms with van der Waals surface area (Å²) >= 11 is 0. The molecule has 5 nitrogen and oxygen atoms in total. The summed E-state index contributed by atoms with van der Waals surface area (Å²) < 4.78 is 12.3. The van der Waals surface area contributed by atoms with Crippen LogP contribution in [-0.2, 0) is 8.85 Å². The highest BCUT2D eigenvalue weighted by molar-refractivity contribution is 6.67. The van der Waals surface area contributed by atoms with E-state index in [0.29, 0.717) is 0 Å². The average molecular weight is 446 g/mol. The van der Waals surface area contributed by atoms with E-state index < -0.39 is 8.56 Å². The summed E-state index contributed by atoms with van der Waals surface area (Å²) in [6.07, 6.45) is 3.70. The minimum absolute atomic E-state index is 0.266. The molecule has 0 aromatic carbocycles. The summed E-state index contributed by atoms with van der Waals surface area (Å²) in [6.45, 7) is 26.2. The van der Waals surface area contributed by atoms with E-state index in [-0.39, 0.29) is 5.41 Å². The normalized spacial score (nSPS) is 13.2. The average Bonchev–Trinajstić information content (AvgIpc) is 2.79. The van der Waals surface area contributed by atoms with Gasteiger partial charge in [0.05, 0.1) is 0 Å². The van der Waals surface area contributed by atoms with E-state index in [1.165, 1.54) is 38.9 Å². The van der Waals surface area contributed by atoms with Crippen molar-refractivity contribution in [3.63, 3.8) is 0 Å². The Kier molecular flexibility index (Phi) is 16.6. The molecule has 0 aliphatic heterocycles. The van der Waals surface area contributed by atoms with Crippen molar-refractivity contribution in [2.24, 2.45) is 5.41 Å². The molecule has 0 amide bonds. The summed E-state index contributed by atoms with van der Waals surface area (Å²) in [5, 5.41) is 0. The summed E-state index contributed by atoms with van der Waals surface area (Å²) in [5.41, 5.74) is 0.266. The number of rotatable bonds is 20. The molecule has 0 aliphatic carbocycles. The van der Waals surface area contributed by atoms with Gasteiger partial charge in [-0.3, -0.25) is 0 Å². The fourth-order valence-corrected chi connectivity index (χ4v) is 7.61. The van der Waals surface area contributed by atoms with Gasteiger partial charge in [0.2, 0.25) is 0 Å². The van der Waals surface area contributed by atoms with Crippen LogP contribution in [0.5, 0.6) is 0 Å². The highest BCUT2D eigenvalue weighted by Gasteiger charge is 2.44. The van der Waals surface area contributed by atoms with Crippen molar-refractivity contribution in [1.82, 2.24) is 14.7 Å². The van der Waals surface area contributed by atoms with Crippen LogP contribution in [0.1, 0.15) is 67.7 Å². The molecule has 0 N–H and O–H groups in total. The van der Waals surface area contributed by atoms with Crippen molar-refractivity contribution >= 4 is 8.56 Å². The lowest BCUT2D eigenvalue weighted by Crippen LogP contribution is -2.47. The first kappa shape index (κ1) is 30.0. The van der Waals surface area contributed by atoms with Gasteiger partial charge in [-0.1, -0.05) is 48.5 Å². The Morgan fingerprint density at radius 2 is 0.867 bits per heavy atom. The van der Waals surface area contributed by atoms with Crippen molar-refractivity contribution < 1.29 is 8.85 Å². The molecule has 0 saturated heterocycles. The Labute approximate surface area is 190 Å². The van der Waals surface area contributed by atoms with Crippen molar-refractivity contribution in [2.45, 2.75) is 79.8 Å². The molecule has 0 fully saturated rings. The Balaban J connectivity index is 5.86. The van der Waals surface area contributed by atoms with Gasteiger partial charge in [0.15, 0.2) is 0 Å². The monoisotopic (exact) mass is 445 g/mol. The second-order valence-electron chi connectivity index (χ2n) is 8.68. The first-order chi connectivity index (χ1) is 14.4. The van der Waals surface area contributed by atoms with E-state index in [0.717, 1.165) is 51.4 Å². The fraction of sp³-hybridized carbons (Fsp3) is 1.00. The molecule has 0 radical (unpaired) electrons. The molecule has 0 heterocycles. The summed E-state index contributed by atoms with van der Waals surface area (Å²) in [6, 6.07) is 2.12. The van der Waals surface area contributed by atoms with Crippen LogP contribution in [0.4, 0.5) is 0 Å². The maximum atomic E-state index is 6.15. The molecule has 0 aromatic rings. The highest BCUT2D eigenvalue weighted by atomic mass is 28.4. The van der Waals surface area contributed by atoms with Gasteiger partial charge in [0, 0.05) is 14.2 Å². The van der Waals surface area contributed by atoms with E-state index in [9.17, 15) is 0 Å². The van der Waals surface area contributed by atoms with Gasteiger partial charge in [0.1, 0.15) is 0 Å². The molecule has 0 atom stereocenters. The van der Waals surface area contributed by atoms with Crippen LogP contribution in [0.15, 0.2) is 0 Å². The van der Waals surface area contributed by atoms with Gasteiger partial charge in [-0.15, -0.1) is 0 Å². The zero-order chi connectivity index (χ0) is 23.0. The van der Waals surface area contributed by atoms with Gasteiger partial charge in [0.25, 0.3) is 0 Å². The van der Waals surface area contributed by atoms with Crippen LogP contribution in [0.3, 0.4) is 0 Å². The van der Waals surface area contributed by atoms with Crippen LogP contribution in [0, 0.1) is 5.41 Å². The van der Waals surface area contributed by atoms with Gasteiger partial charge in [-0.25, -0.2) is 0 Å². The van der Waals surface area contributed by atoms with Crippen LogP contribution in [-0.4, -0.2) is 96.4 Å². The molecule has 0 rings (SSSR count). The lowest BCUT2D eigenvalue weighted by Gasteiger charge is -2.43. The molecule has 0 aliphatic rings. The van der Waals surface area contributed by atoms with Gasteiger partial charge < -0.3 is 23.6 Å². The van der Waals surface area contributed by atoms with Crippen LogP contribution in [0.2, 0.25) is 12.1 Å². The highest BCUT2D eigenvalue weighted by Crippen LogP contribution is 2.42. The van der Waals surface area contributed by atoms with E-state index in [2.05, 4.69) is 63.2 Å². The Morgan fingerprint density at radius 3 is 1.07 bits per heavy atom. The predicted octanol–water partition coefficient (Wildman–Crippen LogP) is 4.92. The first-order valence-corrected chi connectivity index (χ1v) is 14.9. The van der Waals surface area contributed by atoms with E-state index in [1.807, 2.05) is 14.2 Å². The molecule has 182 valence electrons. The van der Waals surface area contributed by atoms with Crippen molar-refractivity contribution in [1.29, 1.82) is 0 Å². The van der Waals surface area contributed by atoms with Crippen molar-refractivity contribution in [3.8, 4) is 0 Å². The third-order valence-corrected chi connectivity index (χ3v) is 11.3. The third-order valence-electron chi connectivity index (χ3n) is 7.49. The second-order valence-corrected chi connectivity index (χ2v) is 12.4. The maximum absolute atomic E-state index is 6.15. The number of hydrogen-bond acceptors (Lipinski definition) is 5. The minimum Gasteiger partial charge on any atom is -0.398 e. The first-order valence-electron chi connectivity index (χ1n) is 12.6. The number of hydrogen-bond donors (Lipinski definition) is 0. The van der Waals surface area contributed by atoms with E-state index in [4.69, 9.17) is 8.85 Å². The predicted molar refractivity (Wildman–Crippen MR) is 135 cm³/mol. The zero-order valence-corrected chi connectivity index (χ0v) is 23.1. The quantitative estimate of drug-likeness (QED) is 0.248. The summed E-state index contributed by atoms with van der Waals surface area (Å²) in [4.78, 5) is 7.75. The number of nitrogens with zero attached hydrogens (tertiary/aromatic N) is 3. The van der Waals surface area contributed by atoms with Gasteiger partial charge >= 0.3 is 8.56 Å². The molecule has 0 spiro atoms. The molecule has 0 aromatic heterocycles. The molecule has 0 unspecified atom stereocenters. The SMILES string of the molecule is CCN(CC)CCC(CCN(CC)CC)(CCN(CC)CC)C[Si](CC)(OC)OC. The van der Waals surface area contributed by atoms with Crippen molar-refractivity contribution in [2.75, 3.05) is 73.1 Å². The fourth-order valence-electron chi connectivity index (χ4n) is 4.66. The van der Waals surface area contributed by atoms with E-state index >= 15 is 0 Å². The lowest BCUT2D eigenvalue weighted by molar-refractivity contribution is 0.126. The van der Waals surface area contributed by atoms with Crippen LogP contribution < -0.4 is 0 Å². The van der Waals surface area contributed by atoms with Crippen LogP contribution in [0.25, 0.3) is 0 Å². The van der Waals surface area contributed by atoms with E-state index in [1.54, 1.807) is 0 Å². The third kappa shape index (κ3) is 10.1. The largest absolute Gasteiger partial charge is 0.398 e. The van der Waals surface area contributed by atoms with Crippen molar-refractivity contribution in [3.05, 3.63) is 0 Å². The zero-order valence-electron chi connectivity index (χ0n) is 22.1. The second kappa shape index (κ2) is 16.6. The Bertz CT molecular complexity index is 347. The maximum Gasteiger partial charge on any atom is 0.337 e. The molecule has 30 heavy (non-hydrogen) atoms. The van der Waals surface area contributed by atoms with Gasteiger partial charge in [-0.2, -0.15) is 0 Å². The van der Waals surface area contributed by atoms with Gasteiger partial charge in [-0.05, 0) is 95.7 Å². The summed E-state index contributed by atoms with van der Waals surface area (Å²) in [7, 11) is 1.57. The topological polar surface area (TPSA) is 28.2 Å². The standard InChI is InChI=1S/C24H55N3O2Si/c1-10-25(11-2)20-17-24(18-21-26(12-3)13-4,19-22-27(14-5)15-6)23-30(16-7,28-8)29-9/h10-23H2,1-9H3. The molecular weight excluding hydrogens is 390 g/mol. The molecule has 0 bridgehead atoms. The Morgan fingerprint density at radius 1 is 0.567 bits per heavy atom. The summed E-state index contributed by atoms with van der Waals surface area (Å²) in [5.74, 6) is 0. The smallest absolute Gasteiger partial charge is 0.337 e. The molecule has 6 heteroatoms.